The largest absolute Gasteiger partial charge is 0.493 e. The van der Waals surface area contributed by atoms with E-state index >= 15 is 0 Å². The van der Waals surface area contributed by atoms with Crippen LogP contribution in [0.25, 0.3) is 0 Å². The van der Waals surface area contributed by atoms with Crippen molar-refractivity contribution in [2.24, 2.45) is 0 Å². The molecule has 0 unspecified atom stereocenters. The molecule has 0 spiro atoms. The van der Waals surface area contributed by atoms with E-state index in [1.807, 2.05) is 39.0 Å². The minimum atomic E-state index is -0.202. The fourth-order valence-electron chi connectivity index (χ4n) is 1.40. The third-order valence-electron chi connectivity index (χ3n) is 2.81. The second-order valence-electron chi connectivity index (χ2n) is 4.72. The highest BCUT2D eigenvalue weighted by atomic mass is 16.5. The zero-order chi connectivity index (χ0) is 12.9. The van der Waals surface area contributed by atoms with Crippen LogP contribution in [0.1, 0.15) is 36.2 Å². The molecule has 0 atom stereocenters. The fraction of sp³-hybridized carbons (Fsp3) is 0.500. The van der Waals surface area contributed by atoms with Gasteiger partial charge in [-0.1, -0.05) is 11.6 Å². The number of methoxy groups -OCH3 is 1. The van der Waals surface area contributed by atoms with Crippen LogP contribution in [0.3, 0.4) is 0 Å². The monoisotopic (exact) mass is 236 g/mol. The lowest BCUT2D eigenvalue weighted by atomic mass is 10.1. The van der Waals surface area contributed by atoms with Crippen LogP contribution in [0.15, 0.2) is 18.2 Å². The maximum Gasteiger partial charge on any atom is 0.153 e. The van der Waals surface area contributed by atoms with E-state index in [2.05, 4.69) is 0 Å². The summed E-state index contributed by atoms with van der Waals surface area (Å²) in [6.45, 7) is 6.49. The number of carbonyl (C=O) groups is 1. The van der Waals surface area contributed by atoms with Gasteiger partial charge in [-0.15, -0.1) is 0 Å². The highest BCUT2D eigenvalue weighted by Crippen LogP contribution is 2.20. The Morgan fingerprint density at radius 2 is 2.06 bits per heavy atom. The van der Waals surface area contributed by atoms with Gasteiger partial charge in [0.05, 0.1) is 17.8 Å². The van der Waals surface area contributed by atoms with Crippen LogP contribution in [0, 0.1) is 6.92 Å². The Kier molecular flexibility index (Phi) is 4.70. The van der Waals surface area contributed by atoms with Crippen molar-refractivity contribution in [3.05, 3.63) is 29.3 Å². The summed E-state index contributed by atoms with van der Waals surface area (Å²) in [6, 6.07) is 5.59. The van der Waals surface area contributed by atoms with Crippen molar-refractivity contribution in [2.75, 3.05) is 13.7 Å². The summed E-state index contributed by atoms with van der Waals surface area (Å²) >= 11 is 0. The first-order valence-electron chi connectivity index (χ1n) is 5.72. The molecule has 0 radical (unpaired) electrons. The Balaban J connectivity index is 2.60. The Bertz CT molecular complexity index is 383. The Morgan fingerprint density at radius 1 is 1.35 bits per heavy atom. The molecule has 3 heteroatoms. The SMILES string of the molecule is COC(C)(C)CCOc1ccc(C)cc1C=O. The average Bonchev–Trinajstić information content (AvgIpc) is 2.30. The van der Waals surface area contributed by atoms with E-state index in [1.165, 1.54) is 0 Å². The minimum Gasteiger partial charge on any atom is -0.493 e. The average molecular weight is 236 g/mol. The third kappa shape index (κ3) is 4.19. The van der Waals surface area contributed by atoms with Crippen LogP contribution >= 0.6 is 0 Å². The Labute approximate surface area is 103 Å². The molecule has 0 amide bonds. The van der Waals surface area contributed by atoms with E-state index in [9.17, 15) is 4.79 Å². The van der Waals surface area contributed by atoms with Gasteiger partial charge in [0.15, 0.2) is 6.29 Å². The highest BCUT2D eigenvalue weighted by Gasteiger charge is 2.16. The topological polar surface area (TPSA) is 35.5 Å². The molecule has 17 heavy (non-hydrogen) atoms. The van der Waals surface area contributed by atoms with Gasteiger partial charge in [0, 0.05) is 13.5 Å². The van der Waals surface area contributed by atoms with Crippen molar-refractivity contribution in [3.8, 4) is 5.75 Å². The summed E-state index contributed by atoms with van der Waals surface area (Å²) < 4.78 is 10.9. The predicted octanol–water partition coefficient (Wildman–Crippen LogP) is 3.00. The van der Waals surface area contributed by atoms with Crippen LogP contribution in [-0.2, 0) is 4.74 Å². The van der Waals surface area contributed by atoms with Gasteiger partial charge in [0.1, 0.15) is 5.75 Å². The van der Waals surface area contributed by atoms with E-state index in [1.54, 1.807) is 7.11 Å². The standard InChI is InChI=1S/C14H20O3/c1-11-5-6-13(12(9-11)10-15)17-8-7-14(2,3)16-4/h5-6,9-10H,7-8H2,1-4H3. The molecule has 94 valence electrons. The van der Waals surface area contributed by atoms with Crippen LogP contribution in [-0.4, -0.2) is 25.6 Å². The van der Waals surface area contributed by atoms with Gasteiger partial charge in [-0.2, -0.15) is 0 Å². The first-order chi connectivity index (χ1) is 7.98. The molecule has 0 aliphatic carbocycles. The maximum absolute atomic E-state index is 10.9. The van der Waals surface area contributed by atoms with E-state index in [-0.39, 0.29) is 5.60 Å². The third-order valence-corrected chi connectivity index (χ3v) is 2.81. The van der Waals surface area contributed by atoms with Gasteiger partial charge in [0.2, 0.25) is 0 Å². The van der Waals surface area contributed by atoms with Gasteiger partial charge in [-0.05, 0) is 32.9 Å². The molecule has 0 saturated heterocycles. The van der Waals surface area contributed by atoms with Crippen LogP contribution in [0.4, 0.5) is 0 Å². The first-order valence-corrected chi connectivity index (χ1v) is 5.72. The second-order valence-corrected chi connectivity index (χ2v) is 4.72. The molecule has 1 rings (SSSR count). The van der Waals surface area contributed by atoms with Gasteiger partial charge in [-0.3, -0.25) is 4.79 Å². The molecule has 1 aromatic rings. The quantitative estimate of drug-likeness (QED) is 0.712. The van der Waals surface area contributed by atoms with E-state index in [0.717, 1.165) is 18.3 Å². The van der Waals surface area contributed by atoms with Gasteiger partial charge < -0.3 is 9.47 Å². The predicted molar refractivity (Wildman–Crippen MR) is 67.8 cm³/mol. The second kappa shape index (κ2) is 5.82. The summed E-state index contributed by atoms with van der Waals surface area (Å²) in [5, 5.41) is 0. The molecule has 0 N–H and O–H groups in total. The number of aryl methyl sites for hydroxylation is 1. The molecule has 1 aromatic carbocycles. The van der Waals surface area contributed by atoms with Crippen molar-refractivity contribution in [2.45, 2.75) is 32.8 Å². The van der Waals surface area contributed by atoms with Gasteiger partial charge in [-0.25, -0.2) is 0 Å². The number of carbonyl (C=O) groups excluding carboxylic acids is 1. The van der Waals surface area contributed by atoms with Crippen molar-refractivity contribution in [3.63, 3.8) is 0 Å². The van der Waals surface area contributed by atoms with E-state index in [4.69, 9.17) is 9.47 Å². The summed E-state index contributed by atoms with van der Waals surface area (Å²) in [5.74, 6) is 0.637. The molecular formula is C14H20O3. The molecule has 3 nitrogen and oxygen atoms in total. The summed E-state index contributed by atoms with van der Waals surface area (Å²) in [5.41, 5.74) is 1.45. The van der Waals surface area contributed by atoms with Crippen molar-refractivity contribution in [1.82, 2.24) is 0 Å². The summed E-state index contributed by atoms with van der Waals surface area (Å²) in [4.78, 5) is 10.9. The summed E-state index contributed by atoms with van der Waals surface area (Å²) in [7, 11) is 1.68. The van der Waals surface area contributed by atoms with Crippen LogP contribution < -0.4 is 4.74 Å². The molecule has 0 bridgehead atoms. The minimum absolute atomic E-state index is 0.202. The number of hydrogen-bond acceptors (Lipinski definition) is 3. The first kappa shape index (κ1) is 13.7. The lowest BCUT2D eigenvalue weighted by molar-refractivity contribution is 0.00542. The van der Waals surface area contributed by atoms with Crippen LogP contribution in [0.5, 0.6) is 5.75 Å². The maximum atomic E-state index is 10.9. The number of aldehydes is 1. The normalized spacial score (nSPS) is 11.3. The number of hydrogen-bond donors (Lipinski definition) is 0. The molecule has 0 aliphatic heterocycles. The van der Waals surface area contributed by atoms with E-state index in [0.29, 0.717) is 17.9 Å². The van der Waals surface area contributed by atoms with Crippen molar-refractivity contribution in [1.29, 1.82) is 0 Å². The molecule has 0 aliphatic rings. The molecule has 0 aromatic heterocycles. The van der Waals surface area contributed by atoms with Gasteiger partial charge in [0.25, 0.3) is 0 Å². The molecule has 0 saturated carbocycles. The molecule has 0 heterocycles. The van der Waals surface area contributed by atoms with Crippen molar-refractivity contribution >= 4 is 6.29 Å². The molecule has 0 fully saturated rings. The summed E-state index contributed by atoms with van der Waals surface area (Å²) in [6.07, 6.45) is 1.60. The number of benzene rings is 1. The lowest BCUT2D eigenvalue weighted by Crippen LogP contribution is -2.25. The van der Waals surface area contributed by atoms with Gasteiger partial charge >= 0.3 is 0 Å². The molecular weight excluding hydrogens is 216 g/mol. The van der Waals surface area contributed by atoms with E-state index < -0.39 is 0 Å². The lowest BCUT2D eigenvalue weighted by Gasteiger charge is -2.22. The van der Waals surface area contributed by atoms with Crippen LogP contribution in [0.2, 0.25) is 0 Å². The smallest absolute Gasteiger partial charge is 0.153 e. The Morgan fingerprint density at radius 3 is 2.65 bits per heavy atom. The van der Waals surface area contributed by atoms with Crippen molar-refractivity contribution < 1.29 is 14.3 Å². The number of rotatable bonds is 6. The zero-order valence-corrected chi connectivity index (χ0v) is 10.9. The number of ether oxygens (including phenoxy) is 2. The highest BCUT2D eigenvalue weighted by molar-refractivity contribution is 5.79. The Hall–Kier alpha value is -1.35. The zero-order valence-electron chi connectivity index (χ0n) is 10.9. The fourth-order valence-corrected chi connectivity index (χ4v) is 1.40.